The van der Waals surface area contributed by atoms with Gasteiger partial charge >= 0.3 is 0 Å². The molecular formula is C12H18N2S. The van der Waals surface area contributed by atoms with Crippen molar-refractivity contribution in [1.82, 2.24) is 10.3 Å². The first kappa shape index (κ1) is 12.2. The summed E-state index contributed by atoms with van der Waals surface area (Å²) in [4.78, 5) is 5.74. The molecule has 0 aromatic carbocycles. The number of hydrogen-bond donors (Lipinski definition) is 1. The molecule has 15 heavy (non-hydrogen) atoms. The van der Waals surface area contributed by atoms with Crippen molar-refractivity contribution in [2.75, 3.05) is 6.54 Å². The van der Waals surface area contributed by atoms with E-state index in [0.29, 0.717) is 0 Å². The number of aryl methyl sites for hydroxylation is 2. The number of nitrogens with zero attached hydrogens (tertiary/aromatic N) is 1. The van der Waals surface area contributed by atoms with Gasteiger partial charge in [-0.25, -0.2) is 4.98 Å². The molecule has 1 aromatic rings. The number of aromatic nitrogens is 1. The maximum absolute atomic E-state index is 5.18. The molecule has 1 aromatic heterocycles. The average molecular weight is 222 g/mol. The molecule has 0 saturated heterocycles. The van der Waals surface area contributed by atoms with E-state index in [9.17, 15) is 0 Å². The highest BCUT2D eigenvalue weighted by Crippen LogP contribution is 2.16. The Morgan fingerprint density at radius 1 is 1.40 bits per heavy atom. The first-order valence-electron chi connectivity index (χ1n) is 5.31. The van der Waals surface area contributed by atoms with E-state index >= 15 is 0 Å². The maximum Gasteiger partial charge on any atom is 0.0900 e. The van der Waals surface area contributed by atoms with Gasteiger partial charge in [-0.1, -0.05) is 0 Å². The SMILES string of the molecule is C#CCCCCNCc1sc(C)nc1C. The fourth-order valence-corrected chi connectivity index (χ4v) is 2.32. The first-order valence-corrected chi connectivity index (χ1v) is 6.12. The van der Waals surface area contributed by atoms with E-state index in [4.69, 9.17) is 6.42 Å². The standard InChI is InChI=1S/C12H18N2S/c1-4-5-6-7-8-13-9-12-10(2)14-11(3)15-12/h1,13H,5-9H2,2-3H3. The molecule has 1 rings (SSSR count). The summed E-state index contributed by atoms with van der Waals surface area (Å²) in [6.45, 7) is 6.10. The lowest BCUT2D eigenvalue weighted by Crippen LogP contribution is -2.14. The van der Waals surface area contributed by atoms with Crippen LogP contribution in [0.3, 0.4) is 0 Å². The summed E-state index contributed by atoms with van der Waals surface area (Å²) in [5, 5.41) is 4.57. The molecule has 2 nitrogen and oxygen atoms in total. The van der Waals surface area contributed by atoms with Gasteiger partial charge < -0.3 is 5.32 Å². The van der Waals surface area contributed by atoms with E-state index in [0.717, 1.165) is 43.1 Å². The van der Waals surface area contributed by atoms with Crippen molar-refractivity contribution in [2.24, 2.45) is 0 Å². The van der Waals surface area contributed by atoms with Crippen molar-refractivity contribution in [2.45, 2.75) is 39.7 Å². The fourth-order valence-electron chi connectivity index (χ4n) is 1.42. The van der Waals surface area contributed by atoms with Crippen LogP contribution in [0.15, 0.2) is 0 Å². The third kappa shape index (κ3) is 4.46. The van der Waals surface area contributed by atoms with Gasteiger partial charge in [-0.15, -0.1) is 23.7 Å². The fraction of sp³-hybridized carbons (Fsp3) is 0.583. The molecule has 0 unspecified atom stereocenters. The Bertz CT molecular complexity index is 336. The van der Waals surface area contributed by atoms with Crippen LogP contribution < -0.4 is 5.32 Å². The molecule has 0 aliphatic rings. The molecule has 0 bridgehead atoms. The third-order valence-electron chi connectivity index (χ3n) is 2.21. The van der Waals surface area contributed by atoms with Crippen LogP contribution in [0.4, 0.5) is 0 Å². The molecule has 82 valence electrons. The van der Waals surface area contributed by atoms with E-state index < -0.39 is 0 Å². The zero-order valence-corrected chi connectivity index (χ0v) is 10.3. The number of nitrogens with one attached hydrogen (secondary N) is 1. The van der Waals surface area contributed by atoms with Crippen LogP contribution in [0.5, 0.6) is 0 Å². The Morgan fingerprint density at radius 3 is 2.80 bits per heavy atom. The molecule has 0 radical (unpaired) electrons. The van der Waals surface area contributed by atoms with Gasteiger partial charge in [-0.05, 0) is 33.2 Å². The topological polar surface area (TPSA) is 24.9 Å². The van der Waals surface area contributed by atoms with Crippen LogP contribution in [0.25, 0.3) is 0 Å². The van der Waals surface area contributed by atoms with Gasteiger partial charge in [-0.3, -0.25) is 0 Å². The smallest absolute Gasteiger partial charge is 0.0900 e. The van der Waals surface area contributed by atoms with E-state index in [2.05, 4.69) is 23.1 Å². The van der Waals surface area contributed by atoms with E-state index in [-0.39, 0.29) is 0 Å². The maximum atomic E-state index is 5.18. The lowest BCUT2D eigenvalue weighted by atomic mass is 10.2. The molecule has 1 N–H and O–H groups in total. The summed E-state index contributed by atoms with van der Waals surface area (Å²) in [5.41, 5.74) is 1.16. The third-order valence-corrected chi connectivity index (χ3v) is 3.28. The number of thiazole rings is 1. The van der Waals surface area contributed by atoms with Gasteiger partial charge in [0.25, 0.3) is 0 Å². The number of terminal acetylenes is 1. The van der Waals surface area contributed by atoms with Gasteiger partial charge in [0.2, 0.25) is 0 Å². The summed E-state index contributed by atoms with van der Waals surface area (Å²) in [6.07, 6.45) is 8.34. The van der Waals surface area contributed by atoms with E-state index in [1.54, 1.807) is 11.3 Å². The number of rotatable bonds is 6. The summed E-state index contributed by atoms with van der Waals surface area (Å²) in [6, 6.07) is 0. The lowest BCUT2D eigenvalue weighted by Gasteiger charge is -2.02. The highest BCUT2D eigenvalue weighted by atomic mass is 32.1. The molecule has 0 atom stereocenters. The van der Waals surface area contributed by atoms with Crippen molar-refractivity contribution < 1.29 is 0 Å². The molecule has 0 amide bonds. The van der Waals surface area contributed by atoms with Crippen molar-refractivity contribution >= 4 is 11.3 Å². The van der Waals surface area contributed by atoms with Crippen LogP contribution in [0.2, 0.25) is 0 Å². The molecule has 0 saturated carbocycles. The molecule has 0 spiro atoms. The van der Waals surface area contributed by atoms with Crippen LogP contribution in [-0.4, -0.2) is 11.5 Å². The normalized spacial score (nSPS) is 10.2. The summed E-state index contributed by atoms with van der Waals surface area (Å²) >= 11 is 1.78. The largest absolute Gasteiger partial charge is 0.312 e. The number of hydrogen-bond acceptors (Lipinski definition) is 3. The minimum absolute atomic E-state index is 0.889. The lowest BCUT2D eigenvalue weighted by molar-refractivity contribution is 0.632. The summed E-state index contributed by atoms with van der Waals surface area (Å²) in [5.74, 6) is 2.65. The van der Waals surface area contributed by atoms with Crippen molar-refractivity contribution in [3.8, 4) is 12.3 Å². The van der Waals surface area contributed by atoms with Gasteiger partial charge in [0, 0.05) is 17.8 Å². The van der Waals surface area contributed by atoms with Crippen LogP contribution in [0.1, 0.15) is 34.8 Å². The Hall–Kier alpha value is -0.850. The van der Waals surface area contributed by atoms with Gasteiger partial charge in [0.1, 0.15) is 0 Å². The van der Waals surface area contributed by atoms with E-state index in [1.165, 1.54) is 4.88 Å². The predicted molar refractivity (Wildman–Crippen MR) is 66.0 cm³/mol. The van der Waals surface area contributed by atoms with Crippen molar-refractivity contribution in [3.05, 3.63) is 15.6 Å². The number of unbranched alkanes of at least 4 members (excludes halogenated alkanes) is 2. The highest BCUT2D eigenvalue weighted by Gasteiger charge is 2.03. The second-order valence-electron chi connectivity index (χ2n) is 3.58. The van der Waals surface area contributed by atoms with Gasteiger partial charge in [0.15, 0.2) is 0 Å². The van der Waals surface area contributed by atoms with Crippen molar-refractivity contribution in [3.63, 3.8) is 0 Å². The van der Waals surface area contributed by atoms with Crippen molar-refractivity contribution in [1.29, 1.82) is 0 Å². The molecular weight excluding hydrogens is 204 g/mol. The van der Waals surface area contributed by atoms with Crippen LogP contribution >= 0.6 is 11.3 Å². The highest BCUT2D eigenvalue weighted by molar-refractivity contribution is 7.11. The Kier molecular flexibility index (Phi) is 5.38. The monoisotopic (exact) mass is 222 g/mol. The molecule has 1 heterocycles. The van der Waals surface area contributed by atoms with E-state index in [1.807, 2.05) is 6.92 Å². The molecule has 0 aliphatic carbocycles. The minimum Gasteiger partial charge on any atom is -0.312 e. The Labute approximate surface area is 96.1 Å². The molecule has 0 fully saturated rings. The van der Waals surface area contributed by atoms with Gasteiger partial charge in [0.05, 0.1) is 10.7 Å². The van der Waals surface area contributed by atoms with Crippen LogP contribution in [0, 0.1) is 26.2 Å². The average Bonchev–Trinajstić information content (AvgIpc) is 2.51. The second kappa shape index (κ2) is 6.60. The molecule has 3 heteroatoms. The Morgan fingerprint density at radius 2 is 2.20 bits per heavy atom. The quantitative estimate of drug-likeness (QED) is 0.591. The van der Waals surface area contributed by atoms with Crippen LogP contribution in [-0.2, 0) is 6.54 Å². The summed E-state index contributed by atoms with van der Waals surface area (Å²) in [7, 11) is 0. The van der Waals surface area contributed by atoms with Gasteiger partial charge in [-0.2, -0.15) is 0 Å². The molecule has 0 aliphatic heterocycles. The predicted octanol–water partition coefficient (Wildman–Crippen LogP) is 2.65. The zero-order chi connectivity index (χ0) is 11.1. The minimum atomic E-state index is 0.889. The summed E-state index contributed by atoms with van der Waals surface area (Å²) < 4.78 is 0. The zero-order valence-electron chi connectivity index (χ0n) is 9.47. The second-order valence-corrected chi connectivity index (χ2v) is 4.87. The Balaban J connectivity index is 2.15. The first-order chi connectivity index (χ1) is 7.24.